The fourth-order valence-corrected chi connectivity index (χ4v) is 3.20. The number of aromatic nitrogens is 2. The molecule has 0 spiro atoms. The normalized spacial score (nSPS) is 14.0. The number of fused-ring (bicyclic) bond motifs is 2. The zero-order valence-electron chi connectivity index (χ0n) is 12.9. The topological polar surface area (TPSA) is 38.1 Å². The van der Waals surface area contributed by atoms with E-state index in [0.717, 1.165) is 36.2 Å². The van der Waals surface area contributed by atoms with Crippen LogP contribution in [0, 0.1) is 11.6 Å². The summed E-state index contributed by atoms with van der Waals surface area (Å²) < 4.78 is 28.3. The van der Waals surface area contributed by atoms with E-state index in [9.17, 15) is 13.6 Å². The zero-order chi connectivity index (χ0) is 16.7. The lowest BCUT2D eigenvalue weighted by molar-refractivity contribution is -0.119. The predicted octanol–water partition coefficient (Wildman–Crippen LogP) is 3.29. The number of para-hydroxylation sites is 1. The van der Waals surface area contributed by atoms with Gasteiger partial charge >= 0.3 is 0 Å². The molecule has 0 atom stereocenters. The smallest absolute Gasteiger partial charge is 0.246 e. The summed E-state index contributed by atoms with van der Waals surface area (Å²) in [5, 5.41) is 0. The maximum absolute atomic E-state index is 13.5. The molecule has 0 saturated heterocycles. The number of carbonyl (C=O) groups excluding carboxylic acids is 1. The molecular weight excluding hydrogens is 312 g/mol. The third-order valence-corrected chi connectivity index (χ3v) is 4.38. The van der Waals surface area contributed by atoms with Gasteiger partial charge in [-0.3, -0.25) is 4.79 Å². The highest BCUT2D eigenvalue weighted by Crippen LogP contribution is 2.27. The maximum atomic E-state index is 13.5. The van der Waals surface area contributed by atoms with Crippen molar-refractivity contribution in [3.8, 4) is 0 Å². The van der Waals surface area contributed by atoms with Crippen LogP contribution >= 0.6 is 0 Å². The SMILES string of the molecule is O=C(Cn1cnc2cc(F)c(F)cc21)N1CCCc2ccccc21. The lowest BCUT2D eigenvalue weighted by Crippen LogP contribution is -2.37. The Kier molecular flexibility index (Phi) is 3.52. The predicted molar refractivity (Wildman–Crippen MR) is 86.8 cm³/mol. The van der Waals surface area contributed by atoms with Gasteiger partial charge in [-0.2, -0.15) is 0 Å². The van der Waals surface area contributed by atoms with Gasteiger partial charge in [0, 0.05) is 24.4 Å². The van der Waals surface area contributed by atoms with Crippen LogP contribution in [0.4, 0.5) is 14.5 Å². The number of amides is 1. The Hall–Kier alpha value is -2.76. The Morgan fingerprint density at radius 2 is 1.96 bits per heavy atom. The Morgan fingerprint density at radius 3 is 2.83 bits per heavy atom. The van der Waals surface area contributed by atoms with Crippen molar-refractivity contribution >= 4 is 22.6 Å². The second-order valence-electron chi connectivity index (χ2n) is 5.91. The molecule has 0 bridgehead atoms. The molecule has 1 aromatic heterocycles. The number of rotatable bonds is 2. The first kappa shape index (κ1) is 14.8. The molecule has 4 nitrogen and oxygen atoms in total. The molecule has 6 heteroatoms. The van der Waals surface area contributed by atoms with E-state index >= 15 is 0 Å². The van der Waals surface area contributed by atoms with E-state index in [-0.39, 0.29) is 12.5 Å². The molecule has 3 aromatic rings. The van der Waals surface area contributed by atoms with Gasteiger partial charge in [0.15, 0.2) is 11.6 Å². The van der Waals surface area contributed by atoms with E-state index in [1.54, 1.807) is 9.47 Å². The van der Waals surface area contributed by atoms with E-state index in [1.165, 1.54) is 6.33 Å². The van der Waals surface area contributed by atoms with E-state index in [1.807, 2.05) is 24.3 Å². The summed E-state index contributed by atoms with van der Waals surface area (Å²) in [6, 6.07) is 9.96. The van der Waals surface area contributed by atoms with Crippen molar-refractivity contribution in [2.24, 2.45) is 0 Å². The average molecular weight is 327 g/mol. The van der Waals surface area contributed by atoms with Gasteiger partial charge in [0.1, 0.15) is 6.54 Å². The quantitative estimate of drug-likeness (QED) is 0.724. The number of carbonyl (C=O) groups is 1. The van der Waals surface area contributed by atoms with Crippen LogP contribution in [0.25, 0.3) is 11.0 Å². The molecule has 2 heterocycles. The van der Waals surface area contributed by atoms with Crippen LogP contribution in [0.2, 0.25) is 0 Å². The summed E-state index contributed by atoms with van der Waals surface area (Å²) in [6.07, 6.45) is 3.31. The number of anilines is 1. The molecule has 122 valence electrons. The van der Waals surface area contributed by atoms with E-state index in [2.05, 4.69) is 4.98 Å². The largest absolute Gasteiger partial charge is 0.321 e. The van der Waals surface area contributed by atoms with Crippen LogP contribution in [0.5, 0.6) is 0 Å². The van der Waals surface area contributed by atoms with Gasteiger partial charge in [0.25, 0.3) is 0 Å². The van der Waals surface area contributed by atoms with Gasteiger partial charge in [0.2, 0.25) is 5.91 Å². The molecule has 0 aliphatic carbocycles. The number of hydrogen-bond donors (Lipinski definition) is 0. The van der Waals surface area contributed by atoms with Gasteiger partial charge in [-0.1, -0.05) is 18.2 Å². The fraction of sp³-hybridized carbons (Fsp3) is 0.222. The second kappa shape index (κ2) is 5.70. The van der Waals surface area contributed by atoms with Crippen molar-refractivity contribution in [1.29, 1.82) is 0 Å². The lowest BCUT2D eigenvalue weighted by atomic mass is 10.0. The van der Waals surface area contributed by atoms with Crippen LogP contribution in [0.1, 0.15) is 12.0 Å². The third-order valence-electron chi connectivity index (χ3n) is 4.38. The second-order valence-corrected chi connectivity index (χ2v) is 5.91. The van der Waals surface area contributed by atoms with Crippen LogP contribution in [0.15, 0.2) is 42.7 Å². The minimum atomic E-state index is -0.944. The molecule has 0 radical (unpaired) electrons. The Balaban J connectivity index is 1.65. The number of imidazole rings is 1. The van der Waals surface area contributed by atoms with Crippen molar-refractivity contribution in [1.82, 2.24) is 9.55 Å². The summed E-state index contributed by atoms with van der Waals surface area (Å²) in [4.78, 5) is 18.5. The molecule has 0 fully saturated rings. The highest BCUT2D eigenvalue weighted by atomic mass is 19.2. The van der Waals surface area contributed by atoms with Crippen molar-refractivity contribution in [3.63, 3.8) is 0 Å². The summed E-state index contributed by atoms with van der Waals surface area (Å²) in [5.74, 6) is -1.98. The molecule has 0 saturated carbocycles. The van der Waals surface area contributed by atoms with E-state index in [4.69, 9.17) is 0 Å². The number of hydrogen-bond acceptors (Lipinski definition) is 2. The summed E-state index contributed by atoms with van der Waals surface area (Å²) >= 11 is 0. The monoisotopic (exact) mass is 327 g/mol. The number of nitrogens with zero attached hydrogens (tertiary/aromatic N) is 3. The maximum Gasteiger partial charge on any atom is 0.246 e. The fourth-order valence-electron chi connectivity index (χ4n) is 3.20. The highest BCUT2D eigenvalue weighted by molar-refractivity contribution is 5.95. The standard InChI is InChI=1S/C18H15F2N3O/c19-13-8-15-17(9-14(13)20)22(11-21-15)10-18(24)23-7-3-5-12-4-1-2-6-16(12)23/h1-2,4,6,8-9,11H,3,5,7,10H2. The molecule has 0 N–H and O–H groups in total. The van der Waals surface area contributed by atoms with Gasteiger partial charge in [0.05, 0.1) is 17.4 Å². The minimum Gasteiger partial charge on any atom is -0.321 e. The number of aryl methyl sites for hydroxylation is 1. The first-order valence-corrected chi connectivity index (χ1v) is 7.81. The summed E-state index contributed by atoms with van der Waals surface area (Å²) in [7, 11) is 0. The first-order chi connectivity index (χ1) is 11.6. The number of benzene rings is 2. The molecular formula is C18H15F2N3O. The number of halogens is 2. The van der Waals surface area contributed by atoms with Crippen molar-refractivity contribution < 1.29 is 13.6 Å². The summed E-state index contributed by atoms with van der Waals surface area (Å²) in [6.45, 7) is 0.696. The molecule has 1 aliphatic rings. The van der Waals surface area contributed by atoms with Crippen molar-refractivity contribution in [2.75, 3.05) is 11.4 Å². The Morgan fingerprint density at radius 1 is 1.17 bits per heavy atom. The molecule has 2 aromatic carbocycles. The van der Waals surface area contributed by atoms with E-state index < -0.39 is 11.6 Å². The van der Waals surface area contributed by atoms with Crippen molar-refractivity contribution in [2.45, 2.75) is 19.4 Å². The van der Waals surface area contributed by atoms with Crippen LogP contribution in [0.3, 0.4) is 0 Å². The third kappa shape index (κ3) is 2.44. The molecule has 1 aliphatic heterocycles. The van der Waals surface area contributed by atoms with Gasteiger partial charge < -0.3 is 9.47 Å². The average Bonchev–Trinajstić information content (AvgIpc) is 2.96. The summed E-state index contributed by atoms with van der Waals surface area (Å²) in [5.41, 5.74) is 2.82. The highest BCUT2D eigenvalue weighted by Gasteiger charge is 2.22. The lowest BCUT2D eigenvalue weighted by Gasteiger charge is -2.29. The Labute approximate surface area is 137 Å². The molecule has 1 amide bonds. The molecule has 0 unspecified atom stereocenters. The van der Waals surface area contributed by atoms with Gasteiger partial charge in [-0.05, 0) is 24.5 Å². The van der Waals surface area contributed by atoms with Crippen LogP contribution in [-0.2, 0) is 17.8 Å². The zero-order valence-corrected chi connectivity index (χ0v) is 12.9. The van der Waals surface area contributed by atoms with Crippen molar-refractivity contribution in [3.05, 3.63) is 59.9 Å². The minimum absolute atomic E-state index is 0.0376. The van der Waals surface area contributed by atoms with Crippen LogP contribution in [-0.4, -0.2) is 22.0 Å². The molecule has 24 heavy (non-hydrogen) atoms. The Bertz CT molecular complexity index is 935. The van der Waals surface area contributed by atoms with E-state index in [0.29, 0.717) is 17.6 Å². The van der Waals surface area contributed by atoms with Gasteiger partial charge in [-0.25, -0.2) is 13.8 Å². The van der Waals surface area contributed by atoms with Gasteiger partial charge in [-0.15, -0.1) is 0 Å². The first-order valence-electron chi connectivity index (χ1n) is 7.81. The molecule has 4 rings (SSSR count). The van der Waals surface area contributed by atoms with Crippen LogP contribution < -0.4 is 4.90 Å².